The minimum atomic E-state index is 0.226. The summed E-state index contributed by atoms with van der Waals surface area (Å²) in [6.07, 6.45) is 4.78. The molecule has 0 N–H and O–H groups in total. The monoisotopic (exact) mass is 362 g/mol. The Morgan fingerprint density at radius 1 is 1.36 bits per heavy atom. The SMILES string of the molecule is COc1cccc(CN2CCC(Oc3ccncc3Br)C2)c1. The summed E-state index contributed by atoms with van der Waals surface area (Å²) in [6, 6.07) is 10.1. The third-order valence-electron chi connectivity index (χ3n) is 3.80. The molecule has 116 valence electrons. The highest BCUT2D eigenvalue weighted by Gasteiger charge is 2.24. The number of pyridine rings is 1. The van der Waals surface area contributed by atoms with Gasteiger partial charge in [0.1, 0.15) is 17.6 Å². The highest BCUT2D eigenvalue weighted by Crippen LogP contribution is 2.26. The number of methoxy groups -OCH3 is 1. The van der Waals surface area contributed by atoms with Crippen molar-refractivity contribution in [1.82, 2.24) is 9.88 Å². The smallest absolute Gasteiger partial charge is 0.137 e. The quantitative estimate of drug-likeness (QED) is 0.815. The van der Waals surface area contributed by atoms with Crippen molar-refractivity contribution in [2.24, 2.45) is 0 Å². The zero-order valence-corrected chi connectivity index (χ0v) is 14.1. The molecule has 0 radical (unpaired) electrons. The average molecular weight is 363 g/mol. The van der Waals surface area contributed by atoms with E-state index in [-0.39, 0.29) is 6.10 Å². The van der Waals surface area contributed by atoms with Gasteiger partial charge in [0.25, 0.3) is 0 Å². The van der Waals surface area contributed by atoms with Crippen LogP contribution in [-0.4, -0.2) is 36.2 Å². The lowest BCUT2D eigenvalue weighted by molar-refractivity contribution is 0.197. The molecule has 22 heavy (non-hydrogen) atoms. The van der Waals surface area contributed by atoms with Gasteiger partial charge in [-0.2, -0.15) is 0 Å². The second-order valence-corrected chi connectivity index (χ2v) is 6.28. The Morgan fingerprint density at radius 3 is 3.09 bits per heavy atom. The van der Waals surface area contributed by atoms with Crippen molar-refractivity contribution in [2.45, 2.75) is 19.1 Å². The van der Waals surface area contributed by atoms with Gasteiger partial charge in [-0.25, -0.2) is 0 Å². The van der Waals surface area contributed by atoms with Crippen LogP contribution in [0.15, 0.2) is 47.2 Å². The van der Waals surface area contributed by atoms with Gasteiger partial charge < -0.3 is 9.47 Å². The van der Waals surface area contributed by atoms with E-state index in [1.165, 1.54) is 5.56 Å². The molecule has 2 heterocycles. The first kappa shape index (κ1) is 15.3. The number of rotatable bonds is 5. The van der Waals surface area contributed by atoms with Crippen LogP contribution in [0.5, 0.6) is 11.5 Å². The molecule has 1 saturated heterocycles. The van der Waals surface area contributed by atoms with Crippen LogP contribution >= 0.6 is 15.9 Å². The van der Waals surface area contributed by atoms with E-state index in [0.717, 1.165) is 42.0 Å². The first-order valence-corrected chi connectivity index (χ1v) is 8.15. The molecule has 5 heteroatoms. The second kappa shape index (κ2) is 7.11. The molecule has 0 bridgehead atoms. The summed E-state index contributed by atoms with van der Waals surface area (Å²) >= 11 is 3.47. The predicted octanol–water partition coefficient (Wildman–Crippen LogP) is 3.51. The van der Waals surface area contributed by atoms with E-state index in [0.29, 0.717) is 0 Å². The maximum atomic E-state index is 6.07. The van der Waals surface area contributed by atoms with Gasteiger partial charge in [-0.15, -0.1) is 0 Å². The number of benzene rings is 1. The van der Waals surface area contributed by atoms with Crippen LogP contribution in [0.25, 0.3) is 0 Å². The Labute approximate surface area is 139 Å². The molecule has 1 aliphatic rings. The van der Waals surface area contributed by atoms with Crippen molar-refractivity contribution >= 4 is 15.9 Å². The van der Waals surface area contributed by atoms with Crippen molar-refractivity contribution in [3.05, 3.63) is 52.8 Å². The summed E-state index contributed by atoms with van der Waals surface area (Å²) in [5.41, 5.74) is 1.27. The molecule has 0 aliphatic carbocycles. The van der Waals surface area contributed by atoms with Crippen molar-refractivity contribution in [1.29, 1.82) is 0 Å². The van der Waals surface area contributed by atoms with Crippen molar-refractivity contribution in [3.8, 4) is 11.5 Å². The number of nitrogens with zero attached hydrogens (tertiary/aromatic N) is 2. The minimum absolute atomic E-state index is 0.226. The Bertz CT molecular complexity index is 636. The number of hydrogen-bond acceptors (Lipinski definition) is 4. The van der Waals surface area contributed by atoms with Gasteiger partial charge in [0.2, 0.25) is 0 Å². The lowest BCUT2D eigenvalue weighted by Gasteiger charge is -2.17. The van der Waals surface area contributed by atoms with E-state index in [4.69, 9.17) is 9.47 Å². The molecule has 3 rings (SSSR count). The molecule has 1 fully saturated rings. The Kier molecular flexibility index (Phi) is 4.95. The van der Waals surface area contributed by atoms with Crippen LogP contribution < -0.4 is 9.47 Å². The molecule has 1 unspecified atom stereocenters. The summed E-state index contributed by atoms with van der Waals surface area (Å²) in [6.45, 7) is 2.91. The Morgan fingerprint density at radius 2 is 2.27 bits per heavy atom. The summed E-state index contributed by atoms with van der Waals surface area (Å²) in [4.78, 5) is 6.47. The molecule has 0 saturated carbocycles. The number of halogens is 1. The van der Waals surface area contributed by atoms with Crippen LogP contribution in [0.2, 0.25) is 0 Å². The summed E-state index contributed by atoms with van der Waals surface area (Å²) in [7, 11) is 1.70. The zero-order chi connectivity index (χ0) is 15.4. The zero-order valence-electron chi connectivity index (χ0n) is 12.5. The van der Waals surface area contributed by atoms with E-state index in [9.17, 15) is 0 Å². The number of ether oxygens (including phenoxy) is 2. The molecule has 2 aromatic rings. The van der Waals surface area contributed by atoms with E-state index >= 15 is 0 Å². The Hall–Kier alpha value is -1.59. The lowest BCUT2D eigenvalue weighted by Crippen LogP contribution is -2.24. The normalized spacial score (nSPS) is 18.4. The number of aromatic nitrogens is 1. The second-order valence-electron chi connectivity index (χ2n) is 5.42. The molecular weight excluding hydrogens is 344 g/mol. The van der Waals surface area contributed by atoms with Crippen molar-refractivity contribution in [2.75, 3.05) is 20.2 Å². The topological polar surface area (TPSA) is 34.6 Å². The maximum Gasteiger partial charge on any atom is 0.137 e. The predicted molar refractivity (Wildman–Crippen MR) is 89.2 cm³/mol. The molecule has 1 aliphatic heterocycles. The van der Waals surface area contributed by atoms with Gasteiger partial charge in [-0.3, -0.25) is 9.88 Å². The van der Waals surface area contributed by atoms with Gasteiger partial charge in [-0.1, -0.05) is 12.1 Å². The van der Waals surface area contributed by atoms with Crippen LogP contribution in [0.3, 0.4) is 0 Å². The third kappa shape index (κ3) is 3.78. The lowest BCUT2D eigenvalue weighted by atomic mass is 10.2. The number of likely N-dealkylation sites (tertiary alicyclic amines) is 1. The fourth-order valence-corrected chi connectivity index (χ4v) is 3.05. The average Bonchev–Trinajstić information content (AvgIpc) is 2.97. The molecule has 1 aromatic carbocycles. The minimum Gasteiger partial charge on any atom is -0.497 e. The van der Waals surface area contributed by atoms with Crippen LogP contribution in [0.1, 0.15) is 12.0 Å². The molecule has 4 nitrogen and oxygen atoms in total. The molecule has 0 amide bonds. The highest BCUT2D eigenvalue weighted by molar-refractivity contribution is 9.10. The van der Waals surface area contributed by atoms with Crippen LogP contribution in [-0.2, 0) is 6.54 Å². The molecule has 0 spiro atoms. The highest BCUT2D eigenvalue weighted by atomic mass is 79.9. The first-order valence-electron chi connectivity index (χ1n) is 7.36. The van der Waals surface area contributed by atoms with Gasteiger partial charge in [0.15, 0.2) is 0 Å². The van der Waals surface area contributed by atoms with Gasteiger partial charge in [0, 0.05) is 32.0 Å². The van der Waals surface area contributed by atoms with E-state index in [1.54, 1.807) is 19.5 Å². The summed E-state index contributed by atoms with van der Waals surface area (Å²) < 4.78 is 12.2. The van der Waals surface area contributed by atoms with E-state index in [1.807, 2.05) is 18.2 Å². The van der Waals surface area contributed by atoms with E-state index < -0.39 is 0 Å². The van der Waals surface area contributed by atoms with Gasteiger partial charge in [-0.05, 0) is 46.1 Å². The van der Waals surface area contributed by atoms with Gasteiger partial charge >= 0.3 is 0 Å². The van der Waals surface area contributed by atoms with Crippen LogP contribution in [0.4, 0.5) is 0 Å². The standard InChI is InChI=1S/C17H19BrN2O2/c1-21-14-4-2-3-13(9-14)11-20-8-6-15(12-20)22-17-5-7-19-10-16(17)18/h2-5,7,9-10,15H,6,8,11-12H2,1H3. The number of hydrogen-bond donors (Lipinski definition) is 0. The molecule has 1 atom stereocenters. The fraction of sp³-hybridized carbons (Fsp3) is 0.353. The largest absolute Gasteiger partial charge is 0.497 e. The maximum absolute atomic E-state index is 6.07. The summed E-state index contributed by atoms with van der Waals surface area (Å²) in [5, 5.41) is 0. The fourth-order valence-electron chi connectivity index (χ4n) is 2.70. The van der Waals surface area contributed by atoms with Crippen molar-refractivity contribution < 1.29 is 9.47 Å². The van der Waals surface area contributed by atoms with Crippen LogP contribution in [0, 0.1) is 0 Å². The van der Waals surface area contributed by atoms with E-state index in [2.05, 4.69) is 37.9 Å². The Balaban J connectivity index is 1.57. The third-order valence-corrected chi connectivity index (χ3v) is 4.39. The van der Waals surface area contributed by atoms with Crippen molar-refractivity contribution in [3.63, 3.8) is 0 Å². The first-order chi connectivity index (χ1) is 10.7. The molecular formula is C17H19BrN2O2. The summed E-state index contributed by atoms with van der Waals surface area (Å²) in [5.74, 6) is 1.77. The molecule has 1 aromatic heterocycles. The van der Waals surface area contributed by atoms with Gasteiger partial charge in [0.05, 0.1) is 11.6 Å².